The van der Waals surface area contributed by atoms with Crippen molar-refractivity contribution in [1.82, 2.24) is 5.32 Å². The summed E-state index contributed by atoms with van der Waals surface area (Å²) >= 11 is 3.66. The number of hydrogen-bond donors (Lipinski definition) is 1. The van der Waals surface area contributed by atoms with Crippen LogP contribution in [-0.2, 0) is 4.74 Å². The van der Waals surface area contributed by atoms with Crippen molar-refractivity contribution in [3.8, 4) is 0 Å². The average molecular weight is 293 g/mol. The third kappa shape index (κ3) is 3.45. The zero-order chi connectivity index (χ0) is 12.9. The maximum absolute atomic E-state index is 5.44. The van der Waals surface area contributed by atoms with Crippen LogP contribution >= 0.6 is 22.7 Å². The molecule has 1 fully saturated rings. The fourth-order valence-corrected chi connectivity index (χ4v) is 4.21. The number of thiophene rings is 2. The summed E-state index contributed by atoms with van der Waals surface area (Å²) in [6.07, 6.45) is 2.44. The predicted octanol–water partition coefficient (Wildman–Crippen LogP) is 3.92. The van der Waals surface area contributed by atoms with Gasteiger partial charge < -0.3 is 10.1 Å². The van der Waals surface area contributed by atoms with Gasteiger partial charge in [-0.1, -0.05) is 12.1 Å². The summed E-state index contributed by atoms with van der Waals surface area (Å²) in [5.74, 6) is 0.750. The predicted molar refractivity (Wildman–Crippen MR) is 82.0 cm³/mol. The Kier molecular flexibility index (Phi) is 4.66. The Labute approximate surface area is 122 Å². The SMILES string of the molecule is c1csc(C(NCCC2CCOC2)c2cccs2)c1. The number of nitrogens with one attached hydrogen (secondary N) is 1. The summed E-state index contributed by atoms with van der Waals surface area (Å²) in [6, 6.07) is 9.07. The van der Waals surface area contributed by atoms with Crippen LogP contribution in [-0.4, -0.2) is 19.8 Å². The van der Waals surface area contributed by atoms with Gasteiger partial charge in [0.15, 0.2) is 0 Å². The summed E-state index contributed by atoms with van der Waals surface area (Å²) in [5.41, 5.74) is 0. The molecule has 1 aliphatic rings. The van der Waals surface area contributed by atoms with Crippen LogP contribution in [0.3, 0.4) is 0 Å². The quantitative estimate of drug-likeness (QED) is 0.871. The van der Waals surface area contributed by atoms with Gasteiger partial charge in [-0.05, 0) is 48.2 Å². The normalized spacial score (nSPS) is 19.3. The summed E-state index contributed by atoms with van der Waals surface area (Å²) in [6.45, 7) is 2.96. The van der Waals surface area contributed by atoms with E-state index in [1.54, 1.807) is 0 Å². The molecular weight excluding hydrogens is 274 g/mol. The lowest BCUT2D eigenvalue weighted by molar-refractivity contribution is 0.184. The molecule has 1 saturated heterocycles. The summed E-state index contributed by atoms with van der Waals surface area (Å²) in [4.78, 5) is 2.82. The van der Waals surface area contributed by atoms with E-state index in [-0.39, 0.29) is 0 Å². The van der Waals surface area contributed by atoms with Gasteiger partial charge in [0.05, 0.1) is 6.04 Å². The van der Waals surface area contributed by atoms with E-state index in [0.29, 0.717) is 6.04 Å². The van der Waals surface area contributed by atoms with Crippen LogP contribution in [0.1, 0.15) is 28.6 Å². The van der Waals surface area contributed by atoms with Crippen molar-refractivity contribution in [2.45, 2.75) is 18.9 Å². The van der Waals surface area contributed by atoms with Gasteiger partial charge in [-0.3, -0.25) is 0 Å². The largest absolute Gasteiger partial charge is 0.381 e. The van der Waals surface area contributed by atoms with Crippen LogP contribution < -0.4 is 5.32 Å². The van der Waals surface area contributed by atoms with E-state index in [4.69, 9.17) is 4.74 Å². The molecule has 0 bridgehead atoms. The molecule has 2 aromatic heterocycles. The molecule has 4 heteroatoms. The van der Waals surface area contributed by atoms with Gasteiger partial charge in [-0.15, -0.1) is 22.7 Å². The van der Waals surface area contributed by atoms with Crippen molar-refractivity contribution < 1.29 is 4.74 Å². The highest BCUT2D eigenvalue weighted by atomic mass is 32.1. The molecule has 19 heavy (non-hydrogen) atoms. The van der Waals surface area contributed by atoms with E-state index in [9.17, 15) is 0 Å². The third-order valence-corrected chi connectivity index (χ3v) is 5.45. The minimum absolute atomic E-state index is 0.363. The van der Waals surface area contributed by atoms with E-state index in [1.165, 1.54) is 22.6 Å². The first-order valence-corrected chi connectivity index (χ1v) is 8.57. The van der Waals surface area contributed by atoms with Gasteiger partial charge >= 0.3 is 0 Å². The maximum atomic E-state index is 5.44. The molecule has 2 nitrogen and oxygen atoms in total. The summed E-state index contributed by atoms with van der Waals surface area (Å²) < 4.78 is 5.44. The van der Waals surface area contributed by atoms with Crippen molar-refractivity contribution in [3.05, 3.63) is 44.8 Å². The first kappa shape index (κ1) is 13.3. The smallest absolute Gasteiger partial charge is 0.0764 e. The van der Waals surface area contributed by atoms with Gasteiger partial charge in [0.1, 0.15) is 0 Å². The third-order valence-electron chi connectivity index (χ3n) is 3.58. The van der Waals surface area contributed by atoms with Gasteiger partial charge in [-0.2, -0.15) is 0 Å². The number of ether oxygens (including phenoxy) is 1. The standard InChI is InChI=1S/C15H19NOS2/c1-3-13(18-9-1)15(14-4-2-10-19-14)16-7-5-12-6-8-17-11-12/h1-4,9-10,12,15-16H,5-8,11H2. The van der Waals surface area contributed by atoms with Crippen molar-refractivity contribution >= 4 is 22.7 Å². The molecule has 3 heterocycles. The number of hydrogen-bond acceptors (Lipinski definition) is 4. The van der Waals surface area contributed by atoms with Crippen LogP contribution in [0.15, 0.2) is 35.0 Å². The van der Waals surface area contributed by atoms with Gasteiger partial charge in [0.2, 0.25) is 0 Å². The van der Waals surface area contributed by atoms with Crippen LogP contribution in [0.4, 0.5) is 0 Å². The fraction of sp³-hybridized carbons (Fsp3) is 0.467. The van der Waals surface area contributed by atoms with Gasteiger partial charge in [0, 0.05) is 23.0 Å². The summed E-state index contributed by atoms with van der Waals surface area (Å²) in [7, 11) is 0. The van der Waals surface area contributed by atoms with Gasteiger partial charge in [0.25, 0.3) is 0 Å². The fourth-order valence-electron chi connectivity index (χ4n) is 2.50. The van der Waals surface area contributed by atoms with E-state index < -0.39 is 0 Å². The molecule has 0 spiro atoms. The highest BCUT2D eigenvalue weighted by molar-refractivity contribution is 7.11. The lowest BCUT2D eigenvalue weighted by Crippen LogP contribution is -2.23. The van der Waals surface area contributed by atoms with Crippen molar-refractivity contribution in [1.29, 1.82) is 0 Å². The van der Waals surface area contributed by atoms with E-state index in [2.05, 4.69) is 40.3 Å². The van der Waals surface area contributed by atoms with Crippen LogP contribution in [0.25, 0.3) is 0 Å². The Hall–Kier alpha value is -0.680. The molecule has 3 rings (SSSR count). The molecule has 0 amide bonds. The Balaban J connectivity index is 1.60. The lowest BCUT2D eigenvalue weighted by Gasteiger charge is -2.17. The second-order valence-corrected chi connectivity index (χ2v) is 6.89. The highest BCUT2D eigenvalue weighted by Crippen LogP contribution is 2.29. The molecule has 0 aliphatic carbocycles. The Morgan fingerprint density at radius 1 is 1.21 bits per heavy atom. The Bertz CT molecular complexity index is 426. The van der Waals surface area contributed by atoms with Crippen LogP contribution in [0.2, 0.25) is 0 Å². The average Bonchev–Trinajstić information content (AvgIpc) is 3.15. The van der Waals surface area contributed by atoms with E-state index >= 15 is 0 Å². The van der Waals surface area contributed by atoms with E-state index in [1.807, 2.05) is 22.7 Å². The van der Waals surface area contributed by atoms with Crippen molar-refractivity contribution in [2.75, 3.05) is 19.8 Å². The summed E-state index contributed by atoms with van der Waals surface area (Å²) in [5, 5.41) is 8.03. The zero-order valence-corrected chi connectivity index (χ0v) is 12.5. The topological polar surface area (TPSA) is 21.3 Å². The molecule has 1 unspecified atom stereocenters. The zero-order valence-electron chi connectivity index (χ0n) is 10.9. The molecule has 0 radical (unpaired) electrons. The second kappa shape index (κ2) is 6.66. The van der Waals surface area contributed by atoms with E-state index in [0.717, 1.165) is 25.7 Å². The first-order valence-electron chi connectivity index (χ1n) is 6.81. The highest BCUT2D eigenvalue weighted by Gasteiger charge is 2.18. The van der Waals surface area contributed by atoms with Crippen LogP contribution in [0, 0.1) is 5.92 Å². The maximum Gasteiger partial charge on any atom is 0.0764 e. The molecule has 1 aliphatic heterocycles. The molecule has 102 valence electrons. The second-order valence-electron chi connectivity index (χ2n) is 4.94. The molecule has 1 N–H and O–H groups in total. The van der Waals surface area contributed by atoms with Crippen molar-refractivity contribution in [2.24, 2.45) is 5.92 Å². The lowest BCUT2D eigenvalue weighted by atomic mass is 10.0. The van der Waals surface area contributed by atoms with Gasteiger partial charge in [-0.25, -0.2) is 0 Å². The monoisotopic (exact) mass is 293 g/mol. The molecular formula is C15H19NOS2. The van der Waals surface area contributed by atoms with Crippen molar-refractivity contribution in [3.63, 3.8) is 0 Å². The molecule has 0 saturated carbocycles. The molecule has 1 atom stereocenters. The molecule has 0 aromatic carbocycles. The Morgan fingerprint density at radius 3 is 2.47 bits per heavy atom. The minimum Gasteiger partial charge on any atom is -0.381 e. The molecule has 2 aromatic rings. The van der Waals surface area contributed by atoms with Crippen LogP contribution in [0.5, 0.6) is 0 Å². The first-order chi connectivity index (χ1) is 9.43. The minimum atomic E-state index is 0.363. The number of rotatable bonds is 6. The Morgan fingerprint density at radius 2 is 1.95 bits per heavy atom.